The van der Waals surface area contributed by atoms with E-state index >= 15 is 0 Å². The van der Waals surface area contributed by atoms with Gasteiger partial charge in [0.1, 0.15) is 11.2 Å². The largest absolute Gasteiger partial charge is 0.456 e. The van der Waals surface area contributed by atoms with Crippen molar-refractivity contribution in [1.29, 1.82) is 0 Å². The van der Waals surface area contributed by atoms with E-state index in [1.807, 2.05) is 6.07 Å². The fourth-order valence-electron chi connectivity index (χ4n) is 9.32. The third-order valence-electron chi connectivity index (χ3n) is 12.0. The quantitative estimate of drug-likeness (QED) is 0.169. The normalized spacial score (nSPS) is 11.7. The molecule has 3 nitrogen and oxygen atoms in total. The molecule has 59 heavy (non-hydrogen) atoms. The van der Waals surface area contributed by atoms with Crippen LogP contribution in [0.5, 0.6) is 0 Å². The molecule has 0 amide bonds. The number of para-hydroxylation sites is 2. The fourth-order valence-corrected chi connectivity index (χ4v) is 9.32. The molecular weight excluding hydrogens is 717 g/mol. The van der Waals surface area contributed by atoms with Crippen molar-refractivity contribution in [3.63, 3.8) is 0 Å². The van der Waals surface area contributed by atoms with Crippen molar-refractivity contribution in [1.82, 2.24) is 4.40 Å². The van der Waals surface area contributed by atoms with E-state index in [1.165, 1.54) is 60.2 Å². The van der Waals surface area contributed by atoms with E-state index in [1.54, 1.807) is 0 Å². The van der Waals surface area contributed by atoms with Gasteiger partial charge in [0.15, 0.2) is 0 Å². The van der Waals surface area contributed by atoms with Crippen molar-refractivity contribution in [2.75, 3.05) is 4.90 Å². The Morgan fingerprint density at radius 2 is 0.983 bits per heavy atom. The lowest BCUT2D eigenvalue weighted by Crippen LogP contribution is -2.10. The van der Waals surface area contributed by atoms with E-state index in [9.17, 15) is 0 Å². The molecule has 0 unspecified atom stereocenters. The van der Waals surface area contributed by atoms with Crippen LogP contribution in [0.25, 0.3) is 93.4 Å². The van der Waals surface area contributed by atoms with E-state index in [-0.39, 0.29) is 0 Å². The Morgan fingerprint density at radius 1 is 0.390 bits per heavy atom. The average molecular weight is 753 g/mol. The second-order valence-corrected chi connectivity index (χ2v) is 15.3. The zero-order valence-electron chi connectivity index (χ0n) is 32.1. The van der Waals surface area contributed by atoms with Gasteiger partial charge in [0.25, 0.3) is 0 Å². The maximum Gasteiger partial charge on any atom is 0.137 e. The number of hydrogen-bond acceptors (Lipinski definition) is 2. The number of nitrogens with zero attached hydrogens (tertiary/aromatic N) is 2. The molecule has 3 aromatic heterocycles. The molecular formula is C56H36N2O. The summed E-state index contributed by atoms with van der Waals surface area (Å²) < 4.78 is 8.89. The number of benzene rings is 9. The lowest BCUT2D eigenvalue weighted by atomic mass is 9.98. The van der Waals surface area contributed by atoms with Crippen molar-refractivity contribution in [2.45, 2.75) is 0 Å². The number of fused-ring (bicyclic) bond motifs is 9. The first-order valence-electron chi connectivity index (χ1n) is 20.2. The molecule has 0 atom stereocenters. The molecule has 0 spiro atoms. The van der Waals surface area contributed by atoms with Crippen LogP contribution in [0.15, 0.2) is 223 Å². The number of aromatic nitrogens is 1. The second kappa shape index (κ2) is 13.4. The minimum Gasteiger partial charge on any atom is -0.456 e. The van der Waals surface area contributed by atoms with Gasteiger partial charge < -0.3 is 13.7 Å². The number of pyridine rings is 1. The van der Waals surface area contributed by atoms with Gasteiger partial charge in [0.2, 0.25) is 0 Å². The Bertz CT molecular complexity index is 3540. The van der Waals surface area contributed by atoms with Gasteiger partial charge in [-0.05, 0) is 93.0 Å². The van der Waals surface area contributed by atoms with Gasteiger partial charge in [-0.1, -0.05) is 164 Å². The summed E-state index contributed by atoms with van der Waals surface area (Å²) in [6.07, 6.45) is 0. The Kier molecular flexibility index (Phi) is 7.54. The van der Waals surface area contributed by atoms with Crippen molar-refractivity contribution in [3.05, 3.63) is 218 Å². The fraction of sp³-hybridized carbons (Fsp3) is 0. The standard InChI is InChI=1S/C56H36N2O/c1-2-15-40(16-3-1)54-47-21-8-10-24-49(47)58-51(36-41-17-5-7-20-46(41)56(54)58)39-30-34-43(35-31-39)57(50-25-13-27-53-55(50)48-22-9-11-26-52(48)59-53)42-32-28-38(29-33-42)45-23-12-18-37-14-4-6-19-44(37)45/h1-36H. The topological polar surface area (TPSA) is 20.8 Å². The lowest BCUT2D eigenvalue weighted by molar-refractivity contribution is 0.669. The molecule has 0 N–H and O–H groups in total. The van der Waals surface area contributed by atoms with Crippen molar-refractivity contribution in [3.8, 4) is 33.5 Å². The monoisotopic (exact) mass is 752 g/mol. The highest BCUT2D eigenvalue weighted by Crippen LogP contribution is 2.45. The highest BCUT2D eigenvalue weighted by Gasteiger charge is 2.22. The van der Waals surface area contributed by atoms with Crippen LogP contribution in [0.2, 0.25) is 0 Å². The Morgan fingerprint density at radius 3 is 1.78 bits per heavy atom. The summed E-state index contributed by atoms with van der Waals surface area (Å²) in [5, 5.41) is 8.37. The Balaban J connectivity index is 1.06. The van der Waals surface area contributed by atoms with Crippen LogP contribution in [0.3, 0.4) is 0 Å². The molecule has 12 aromatic rings. The number of rotatable bonds is 6. The molecule has 3 heterocycles. The molecule has 12 rings (SSSR count). The molecule has 3 heteroatoms. The maximum absolute atomic E-state index is 6.43. The third kappa shape index (κ3) is 5.29. The highest BCUT2D eigenvalue weighted by molar-refractivity contribution is 6.16. The van der Waals surface area contributed by atoms with Crippen LogP contribution < -0.4 is 4.90 Å². The Hall–Kier alpha value is -7.88. The van der Waals surface area contributed by atoms with Crippen LogP contribution in [-0.4, -0.2) is 4.40 Å². The van der Waals surface area contributed by atoms with Crippen molar-refractivity contribution in [2.24, 2.45) is 0 Å². The van der Waals surface area contributed by atoms with E-state index in [4.69, 9.17) is 4.42 Å². The number of hydrogen-bond donors (Lipinski definition) is 0. The van der Waals surface area contributed by atoms with Gasteiger partial charge in [0.05, 0.1) is 27.8 Å². The molecule has 0 saturated carbocycles. The summed E-state index contributed by atoms with van der Waals surface area (Å²) in [5.74, 6) is 0. The molecule has 9 aromatic carbocycles. The van der Waals surface area contributed by atoms with E-state index in [0.717, 1.165) is 50.3 Å². The molecule has 0 radical (unpaired) electrons. The van der Waals surface area contributed by atoms with Crippen molar-refractivity contribution >= 4 is 77.0 Å². The number of anilines is 3. The lowest BCUT2D eigenvalue weighted by Gasteiger charge is -2.27. The molecule has 276 valence electrons. The van der Waals surface area contributed by atoms with Gasteiger partial charge in [-0.3, -0.25) is 0 Å². The summed E-state index contributed by atoms with van der Waals surface area (Å²) >= 11 is 0. The first kappa shape index (κ1) is 33.3. The van der Waals surface area contributed by atoms with Gasteiger partial charge in [-0.25, -0.2) is 0 Å². The highest BCUT2D eigenvalue weighted by atomic mass is 16.3. The van der Waals surface area contributed by atoms with Gasteiger partial charge in [0, 0.05) is 33.1 Å². The molecule has 0 fully saturated rings. The minimum atomic E-state index is 0.866. The van der Waals surface area contributed by atoms with Crippen LogP contribution in [0.4, 0.5) is 17.1 Å². The molecule has 0 bridgehead atoms. The average Bonchev–Trinajstić information content (AvgIpc) is 3.87. The van der Waals surface area contributed by atoms with Gasteiger partial charge in [-0.15, -0.1) is 0 Å². The molecule has 0 saturated heterocycles. The summed E-state index contributed by atoms with van der Waals surface area (Å²) in [6.45, 7) is 0. The second-order valence-electron chi connectivity index (χ2n) is 15.3. The third-order valence-corrected chi connectivity index (χ3v) is 12.0. The van der Waals surface area contributed by atoms with Crippen LogP contribution >= 0.6 is 0 Å². The number of furan rings is 1. The minimum absolute atomic E-state index is 0.866. The smallest absolute Gasteiger partial charge is 0.137 e. The van der Waals surface area contributed by atoms with E-state index < -0.39 is 0 Å². The SMILES string of the molecule is c1ccc(-c2c3ccccc3n3c(-c4ccc(N(c5ccc(-c6cccc7ccccc67)cc5)c5cccc6oc7ccccc7c56)cc4)cc4ccccc4c23)cc1. The zero-order chi connectivity index (χ0) is 38.9. The zero-order valence-corrected chi connectivity index (χ0v) is 32.1. The van der Waals surface area contributed by atoms with E-state index in [0.29, 0.717) is 0 Å². The van der Waals surface area contributed by atoms with E-state index in [2.05, 4.69) is 222 Å². The van der Waals surface area contributed by atoms with Gasteiger partial charge in [-0.2, -0.15) is 0 Å². The van der Waals surface area contributed by atoms with Crippen LogP contribution in [0, 0.1) is 0 Å². The molecule has 0 aliphatic carbocycles. The summed E-state index contributed by atoms with van der Waals surface area (Å²) in [7, 11) is 0. The predicted molar refractivity (Wildman–Crippen MR) is 248 cm³/mol. The van der Waals surface area contributed by atoms with Crippen molar-refractivity contribution < 1.29 is 4.42 Å². The maximum atomic E-state index is 6.43. The first-order chi connectivity index (χ1) is 29.3. The summed E-state index contributed by atoms with van der Waals surface area (Å²) in [5.41, 5.74) is 14.5. The van der Waals surface area contributed by atoms with Crippen LogP contribution in [0.1, 0.15) is 0 Å². The Labute approximate surface area is 341 Å². The predicted octanol–water partition coefficient (Wildman–Crippen LogP) is 15.8. The van der Waals surface area contributed by atoms with Crippen LogP contribution in [-0.2, 0) is 0 Å². The summed E-state index contributed by atoms with van der Waals surface area (Å²) in [4.78, 5) is 2.37. The summed E-state index contributed by atoms with van der Waals surface area (Å²) in [6, 6.07) is 78.7. The molecule has 0 aliphatic rings. The molecule has 0 aliphatic heterocycles. The van der Waals surface area contributed by atoms with Gasteiger partial charge >= 0.3 is 0 Å². The first-order valence-corrected chi connectivity index (χ1v) is 20.2.